The molecule has 15 heavy (non-hydrogen) atoms. The molecule has 2 heteroatoms. The molecular weight excluding hydrogens is 204 g/mol. The van der Waals surface area contributed by atoms with Gasteiger partial charge in [-0.25, -0.2) is 0 Å². The fourth-order valence-electron chi connectivity index (χ4n) is 1.58. The molecule has 88 valence electrons. The summed E-state index contributed by atoms with van der Waals surface area (Å²) in [5.41, 5.74) is 0.507. The molecule has 0 heterocycles. The van der Waals surface area contributed by atoms with Crippen LogP contribution in [0.4, 0.5) is 0 Å². The van der Waals surface area contributed by atoms with Gasteiger partial charge >= 0.3 is 0 Å². The van der Waals surface area contributed by atoms with Crippen molar-refractivity contribution in [2.24, 2.45) is 5.41 Å². The number of hydrogen-bond acceptors (Lipinski definition) is 1. The number of thiol groups is 1. The van der Waals surface area contributed by atoms with Crippen molar-refractivity contribution in [3.63, 3.8) is 0 Å². The van der Waals surface area contributed by atoms with Crippen molar-refractivity contribution in [1.29, 1.82) is 0 Å². The van der Waals surface area contributed by atoms with Crippen LogP contribution in [0.1, 0.15) is 59.3 Å². The largest absolute Gasteiger partial charge is 0.287 e. The van der Waals surface area contributed by atoms with Crippen LogP contribution in [0.2, 0.25) is 0 Å². The van der Waals surface area contributed by atoms with E-state index in [0.717, 1.165) is 18.4 Å². The number of rotatable bonds is 8. The van der Waals surface area contributed by atoms with Crippen LogP contribution in [-0.4, -0.2) is 5.12 Å². The highest BCUT2D eigenvalue weighted by Crippen LogP contribution is 2.34. The molecule has 0 rings (SSSR count). The third-order valence-electron chi connectivity index (χ3n) is 3.19. The Morgan fingerprint density at radius 3 is 2.20 bits per heavy atom. The Labute approximate surface area is 99.7 Å². The molecule has 0 saturated heterocycles. The monoisotopic (exact) mass is 228 g/mol. The molecule has 0 fully saturated rings. The summed E-state index contributed by atoms with van der Waals surface area (Å²) in [5, 5.41) is -0.0505. The molecule has 0 spiro atoms. The summed E-state index contributed by atoms with van der Waals surface area (Å²) in [5.74, 6) is 0. The van der Waals surface area contributed by atoms with Crippen molar-refractivity contribution in [2.45, 2.75) is 59.3 Å². The molecule has 0 aliphatic rings. The first-order valence-electron chi connectivity index (χ1n) is 5.84. The van der Waals surface area contributed by atoms with E-state index in [1.165, 1.54) is 25.7 Å². The molecule has 0 aliphatic carbocycles. The summed E-state index contributed by atoms with van der Waals surface area (Å²) < 4.78 is 0. The molecule has 0 amide bonds. The molecular formula is C13H24OS. The van der Waals surface area contributed by atoms with Gasteiger partial charge in [-0.1, -0.05) is 51.2 Å². The first-order chi connectivity index (χ1) is 6.95. The lowest BCUT2D eigenvalue weighted by Gasteiger charge is -2.26. The van der Waals surface area contributed by atoms with Gasteiger partial charge in [0.25, 0.3) is 0 Å². The van der Waals surface area contributed by atoms with E-state index < -0.39 is 5.41 Å². The number of hydrogen-bond donors (Lipinski definition) is 1. The molecule has 0 N–H and O–H groups in total. The van der Waals surface area contributed by atoms with E-state index in [-0.39, 0.29) is 5.12 Å². The molecule has 1 unspecified atom stereocenters. The third-order valence-corrected chi connectivity index (χ3v) is 3.69. The van der Waals surface area contributed by atoms with Crippen molar-refractivity contribution in [1.82, 2.24) is 0 Å². The lowest BCUT2D eigenvalue weighted by Crippen LogP contribution is -2.24. The van der Waals surface area contributed by atoms with Crippen LogP contribution in [0.25, 0.3) is 0 Å². The van der Waals surface area contributed by atoms with Gasteiger partial charge in [0.05, 0.1) is 5.41 Å². The summed E-state index contributed by atoms with van der Waals surface area (Å²) in [4.78, 5) is 11.4. The maximum atomic E-state index is 11.4. The van der Waals surface area contributed by atoms with Crippen molar-refractivity contribution in [2.75, 3.05) is 0 Å². The third kappa shape index (κ3) is 4.87. The predicted molar refractivity (Wildman–Crippen MR) is 70.3 cm³/mol. The number of carbonyl (C=O) groups is 1. The molecule has 0 bridgehead atoms. The van der Waals surface area contributed by atoms with Gasteiger partial charge in [0.15, 0.2) is 5.12 Å². The SMILES string of the molecule is C=C(C)C(C)(CCCCCCC)C(=O)S. The normalized spacial score (nSPS) is 14.7. The summed E-state index contributed by atoms with van der Waals surface area (Å²) in [7, 11) is 0. The molecule has 0 aliphatic heterocycles. The number of allylic oxidation sites excluding steroid dienone is 1. The second-order valence-electron chi connectivity index (χ2n) is 4.58. The Morgan fingerprint density at radius 1 is 1.27 bits per heavy atom. The van der Waals surface area contributed by atoms with E-state index in [1.54, 1.807) is 0 Å². The summed E-state index contributed by atoms with van der Waals surface area (Å²) >= 11 is 3.96. The zero-order valence-electron chi connectivity index (χ0n) is 10.3. The van der Waals surface area contributed by atoms with E-state index in [9.17, 15) is 4.79 Å². The van der Waals surface area contributed by atoms with Gasteiger partial charge in [0, 0.05) is 0 Å². The van der Waals surface area contributed by atoms with Gasteiger partial charge in [-0.2, -0.15) is 0 Å². The molecule has 1 nitrogen and oxygen atoms in total. The Bertz CT molecular complexity index is 207. The molecule has 0 aromatic heterocycles. The minimum atomic E-state index is -0.421. The van der Waals surface area contributed by atoms with Crippen LogP contribution in [-0.2, 0) is 4.79 Å². The van der Waals surface area contributed by atoms with Crippen molar-refractivity contribution in [3.05, 3.63) is 12.2 Å². The van der Waals surface area contributed by atoms with Crippen molar-refractivity contribution >= 4 is 17.7 Å². The smallest absolute Gasteiger partial charge is 0.195 e. The molecule has 0 saturated carbocycles. The summed E-state index contributed by atoms with van der Waals surface area (Å²) in [6.45, 7) is 9.96. The molecule has 0 aromatic carbocycles. The highest BCUT2D eigenvalue weighted by Gasteiger charge is 2.30. The van der Waals surface area contributed by atoms with Gasteiger partial charge in [-0.3, -0.25) is 4.79 Å². The van der Waals surface area contributed by atoms with Gasteiger partial charge < -0.3 is 0 Å². The average molecular weight is 228 g/mol. The molecule has 1 atom stereocenters. The Morgan fingerprint density at radius 2 is 1.80 bits per heavy atom. The highest BCUT2D eigenvalue weighted by atomic mass is 32.1. The zero-order valence-corrected chi connectivity index (χ0v) is 11.2. The molecule has 0 radical (unpaired) electrons. The zero-order chi connectivity index (χ0) is 11.9. The minimum absolute atomic E-state index is 0.0505. The van der Waals surface area contributed by atoms with E-state index in [2.05, 4.69) is 26.1 Å². The summed E-state index contributed by atoms with van der Waals surface area (Å²) in [6.07, 6.45) is 6.99. The van der Waals surface area contributed by atoms with Crippen LogP contribution < -0.4 is 0 Å². The van der Waals surface area contributed by atoms with E-state index in [0.29, 0.717) is 0 Å². The van der Waals surface area contributed by atoms with E-state index >= 15 is 0 Å². The number of unbranched alkanes of at least 4 members (excludes halogenated alkanes) is 4. The van der Waals surface area contributed by atoms with Gasteiger partial charge in [0.1, 0.15) is 0 Å². The maximum Gasteiger partial charge on any atom is 0.195 e. The Kier molecular flexibility index (Phi) is 6.99. The van der Waals surface area contributed by atoms with Crippen LogP contribution in [0.15, 0.2) is 12.2 Å². The van der Waals surface area contributed by atoms with Crippen LogP contribution in [0.5, 0.6) is 0 Å². The van der Waals surface area contributed by atoms with Crippen LogP contribution >= 0.6 is 12.6 Å². The predicted octanol–water partition coefficient (Wildman–Crippen LogP) is 4.39. The lowest BCUT2D eigenvalue weighted by atomic mass is 9.80. The maximum absolute atomic E-state index is 11.4. The van der Waals surface area contributed by atoms with Crippen molar-refractivity contribution < 1.29 is 4.79 Å². The second-order valence-corrected chi connectivity index (χ2v) is 4.99. The van der Waals surface area contributed by atoms with Crippen LogP contribution in [0, 0.1) is 5.41 Å². The Hall–Kier alpha value is -0.240. The fourth-order valence-corrected chi connectivity index (χ4v) is 1.89. The first-order valence-corrected chi connectivity index (χ1v) is 6.29. The Balaban J connectivity index is 3.99. The second kappa shape index (κ2) is 7.10. The average Bonchev–Trinajstić information content (AvgIpc) is 2.16. The van der Waals surface area contributed by atoms with Gasteiger partial charge in [-0.05, 0) is 20.3 Å². The van der Waals surface area contributed by atoms with E-state index in [1.807, 2.05) is 13.8 Å². The number of carbonyl (C=O) groups excluding carboxylic acids is 1. The van der Waals surface area contributed by atoms with Crippen molar-refractivity contribution in [3.8, 4) is 0 Å². The standard InChI is InChI=1S/C13H24OS/c1-5-6-7-8-9-10-13(4,11(2)3)12(14)15/h2,5-10H2,1,3-4H3,(H,14,15). The van der Waals surface area contributed by atoms with Crippen LogP contribution in [0.3, 0.4) is 0 Å². The topological polar surface area (TPSA) is 17.1 Å². The van der Waals surface area contributed by atoms with Gasteiger partial charge in [0.2, 0.25) is 0 Å². The minimum Gasteiger partial charge on any atom is -0.287 e. The quantitative estimate of drug-likeness (QED) is 0.370. The molecule has 0 aromatic rings. The van der Waals surface area contributed by atoms with Gasteiger partial charge in [-0.15, -0.1) is 12.6 Å². The van der Waals surface area contributed by atoms with E-state index in [4.69, 9.17) is 0 Å². The summed E-state index contributed by atoms with van der Waals surface area (Å²) in [6, 6.07) is 0. The first kappa shape index (κ1) is 14.8. The fraction of sp³-hybridized carbons (Fsp3) is 0.769. The highest BCUT2D eigenvalue weighted by molar-refractivity contribution is 7.96. The lowest BCUT2D eigenvalue weighted by molar-refractivity contribution is -0.117.